The zero-order chi connectivity index (χ0) is 33.8. The fraction of sp³-hybridized carbons (Fsp3) is 0.455. The van der Waals surface area contributed by atoms with E-state index in [-0.39, 0.29) is 38.1 Å². The molecule has 248 valence electrons. The molecule has 4 atom stereocenters. The first-order chi connectivity index (χ1) is 21.9. The van der Waals surface area contributed by atoms with Crippen LogP contribution in [-0.4, -0.2) is 95.6 Å². The maximum Gasteiger partial charge on any atom is 0.336 e. The van der Waals surface area contributed by atoms with Gasteiger partial charge in [0.1, 0.15) is 12.6 Å². The molecule has 0 aliphatic rings. The number of aromatic amines is 1. The van der Waals surface area contributed by atoms with Gasteiger partial charge in [0.2, 0.25) is 17.7 Å². The largest absolute Gasteiger partial charge is 0.468 e. The number of rotatable bonds is 16. The number of imidazole rings is 1. The molecule has 13 nitrogen and oxygen atoms in total. The van der Waals surface area contributed by atoms with Crippen molar-refractivity contribution in [1.82, 2.24) is 25.5 Å². The summed E-state index contributed by atoms with van der Waals surface area (Å²) in [4.78, 5) is 73.0. The summed E-state index contributed by atoms with van der Waals surface area (Å²) in [6, 6.07) is 11.2. The first-order valence-corrected chi connectivity index (χ1v) is 15.0. The lowest BCUT2D eigenvalue weighted by Crippen LogP contribution is -2.56. The summed E-state index contributed by atoms with van der Waals surface area (Å²) in [5, 5.41) is 18.0. The number of likely N-dealkylation sites (N-methyl/N-ethyl adjacent to an activating group) is 1. The van der Waals surface area contributed by atoms with Gasteiger partial charge in [0.15, 0.2) is 6.10 Å². The first-order valence-electron chi connectivity index (χ1n) is 15.0. The number of aromatic nitrogens is 2. The molecule has 46 heavy (non-hydrogen) atoms. The lowest BCUT2D eigenvalue weighted by Gasteiger charge is -2.28. The van der Waals surface area contributed by atoms with E-state index in [1.54, 1.807) is 0 Å². The highest BCUT2D eigenvalue weighted by molar-refractivity contribution is 5.93. The minimum atomic E-state index is -1.62. The number of aliphatic hydroxyl groups excluding tert-OH is 1. The number of hydrogen-bond acceptors (Lipinski definition) is 9. The Kier molecular flexibility index (Phi) is 13.2. The van der Waals surface area contributed by atoms with Crippen molar-refractivity contribution in [1.29, 1.82) is 0 Å². The standard InChI is InChI=1S/C33H43N5O8/c1-20(2)13-26(30(41)33(44)46-5)36-32(43)27(16-24-17-34-19-35-24)37-31(42)23(15-28(39)38(3)18-29(40)45-4)14-22-11-8-10-21-9-6-7-12-25(21)22/h6-12,17,19-20,23,26-27,30,41H,13-16,18H2,1-5H3,(H,34,35)(H,36,43)(H,37,42)/t23?,26-,27-,30?/m0/s1. The van der Waals surface area contributed by atoms with Crippen LogP contribution in [0.25, 0.3) is 10.8 Å². The Morgan fingerprint density at radius 1 is 0.957 bits per heavy atom. The maximum absolute atomic E-state index is 14.0. The van der Waals surface area contributed by atoms with E-state index in [9.17, 15) is 29.1 Å². The van der Waals surface area contributed by atoms with Gasteiger partial charge in [-0.2, -0.15) is 0 Å². The summed E-state index contributed by atoms with van der Waals surface area (Å²) < 4.78 is 9.36. The van der Waals surface area contributed by atoms with Crippen molar-refractivity contribution >= 4 is 40.4 Å². The third-order valence-electron chi connectivity index (χ3n) is 7.65. The SMILES string of the molecule is COC(=O)CN(C)C(=O)CC(Cc1cccc2ccccc12)C(=O)N[C@@H](Cc1cnc[nH]1)C(=O)N[C@@H](CC(C)C)C(O)C(=O)OC. The van der Waals surface area contributed by atoms with Crippen molar-refractivity contribution in [2.24, 2.45) is 11.8 Å². The molecule has 2 unspecified atom stereocenters. The van der Waals surface area contributed by atoms with Crippen molar-refractivity contribution in [2.75, 3.05) is 27.8 Å². The Morgan fingerprint density at radius 2 is 1.67 bits per heavy atom. The molecule has 2 aromatic carbocycles. The highest BCUT2D eigenvalue weighted by Gasteiger charge is 2.34. The normalized spacial score (nSPS) is 13.7. The fourth-order valence-electron chi connectivity index (χ4n) is 5.16. The van der Waals surface area contributed by atoms with Crippen LogP contribution >= 0.6 is 0 Å². The first kappa shape index (κ1) is 35.7. The molecule has 3 amide bonds. The van der Waals surface area contributed by atoms with E-state index in [1.807, 2.05) is 56.3 Å². The van der Waals surface area contributed by atoms with E-state index < -0.39 is 53.8 Å². The van der Waals surface area contributed by atoms with Gasteiger partial charge in [0.25, 0.3) is 0 Å². The van der Waals surface area contributed by atoms with Gasteiger partial charge in [-0.3, -0.25) is 19.2 Å². The number of aliphatic hydroxyl groups is 1. The van der Waals surface area contributed by atoms with E-state index in [1.165, 1.54) is 31.6 Å². The van der Waals surface area contributed by atoms with Crippen LogP contribution in [0.5, 0.6) is 0 Å². The van der Waals surface area contributed by atoms with E-state index in [0.29, 0.717) is 5.69 Å². The van der Waals surface area contributed by atoms with Gasteiger partial charge in [-0.25, -0.2) is 9.78 Å². The summed E-state index contributed by atoms with van der Waals surface area (Å²) >= 11 is 0. The van der Waals surface area contributed by atoms with Crippen LogP contribution in [-0.2, 0) is 46.3 Å². The lowest BCUT2D eigenvalue weighted by atomic mass is 9.91. The Hall–Kier alpha value is -4.78. The van der Waals surface area contributed by atoms with Gasteiger partial charge in [0, 0.05) is 31.8 Å². The van der Waals surface area contributed by atoms with Crippen LogP contribution in [0.1, 0.15) is 37.9 Å². The molecular formula is C33H43N5O8. The minimum Gasteiger partial charge on any atom is -0.468 e. The second-order valence-corrected chi connectivity index (χ2v) is 11.6. The molecular weight excluding hydrogens is 594 g/mol. The Balaban J connectivity index is 1.92. The predicted octanol–water partition coefficient (Wildman–Crippen LogP) is 1.54. The Bertz CT molecular complexity index is 1490. The molecule has 0 radical (unpaired) electrons. The molecule has 0 bridgehead atoms. The van der Waals surface area contributed by atoms with Crippen molar-refractivity contribution < 1.29 is 38.6 Å². The number of esters is 2. The number of benzene rings is 2. The van der Waals surface area contributed by atoms with Crippen molar-refractivity contribution in [3.05, 3.63) is 66.2 Å². The molecule has 0 spiro atoms. The average molecular weight is 638 g/mol. The molecule has 13 heteroatoms. The number of amides is 3. The van der Waals surface area contributed by atoms with E-state index in [0.717, 1.165) is 23.4 Å². The Morgan fingerprint density at radius 3 is 2.33 bits per heavy atom. The molecule has 0 saturated heterocycles. The molecule has 1 aromatic heterocycles. The smallest absolute Gasteiger partial charge is 0.336 e. The van der Waals surface area contributed by atoms with Crippen molar-refractivity contribution in [3.63, 3.8) is 0 Å². The van der Waals surface area contributed by atoms with Gasteiger partial charge in [-0.05, 0) is 35.1 Å². The molecule has 3 aromatic rings. The second kappa shape index (κ2) is 17.1. The van der Waals surface area contributed by atoms with E-state index in [2.05, 4.69) is 30.1 Å². The number of fused-ring (bicyclic) bond motifs is 1. The summed E-state index contributed by atoms with van der Waals surface area (Å²) in [5.74, 6) is -4.10. The number of ether oxygens (including phenoxy) is 2. The zero-order valence-electron chi connectivity index (χ0n) is 26.8. The van der Waals surface area contributed by atoms with Crippen molar-refractivity contribution in [2.45, 2.75) is 57.7 Å². The topological polar surface area (TPSA) is 180 Å². The Labute approximate surface area is 268 Å². The third kappa shape index (κ3) is 10.1. The van der Waals surface area contributed by atoms with Gasteiger partial charge < -0.3 is 35.1 Å². The number of hydrogen-bond donors (Lipinski definition) is 4. The minimum absolute atomic E-state index is 0.00308. The summed E-state index contributed by atoms with van der Waals surface area (Å²) in [6.45, 7) is 3.46. The molecule has 3 rings (SSSR count). The van der Waals surface area contributed by atoms with E-state index in [4.69, 9.17) is 0 Å². The van der Waals surface area contributed by atoms with Gasteiger partial charge in [-0.1, -0.05) is 56.3 Å². The van der Waals surface area contributed by atoms with Crippen LogP contribution < -0.4 is 10.6 Å². The van der Waals surface area contributed by atoms with Crippen LogP contribution in [0.4, 0.5) is 0 Å². The molecule has 0 fully saturated rings. The van der Waals surface area contributed by atoms with Crippen LogP contribution in [0.3, 0.4) is 0 Å². The molecule has 4 N–H and O–H groups in total. The molecule has 1 heterocycles. The lowest BCUT2D eigenvalue weighted by molar-refractivity contribution is -0.152. The monoisotopic (exact) mass is 637 g/mol. The predicted molar refractivity (Wildman–Crippen MR) is 169 cm³/mol. The maximum atomic E-state index is 14.0. The number of H-pyrrole nitrogens is 1. The van der Waals surface area contributed by atoms with Crippen LogP contribution in [0.2, 0.25) is 0 Å². The highest BCUT2D eigenvalue weighted by Crippen LogP contribution is 2.23. The molecule has 0 aliphatic heterocycles. The third-order valence-corrected chi connectivity index (χ3v) is 7.65. The summed E-state index contributed by atoms with van der Waals surface area (Å²) in [6.07, 6.45) is 1.52. The van der Waals surface area contributed by atoms with Gasteiger partial charge in [-0.15, -0.1) is 0 Å². The van der Waals surface area contributed by atoms with Crippen molar-refractivity contribution in [3.8, 4) is 0 Å². The van der Waals surface area contributed by atoms with Gasteiger partial charge in [0.05, 0.1) is 32.5 Å². The van der Waals surface area contributed by atoms with Gasteiger partial charge >= 0.3 is 11.9 Å². The summed E-state index contributed by atoms with van der Waals surface area (Å²) in [7, 11) is 3.81. The average Bonchev–Trinajstić information content (AvgIpc) is 3.55. The van der Waals surface area contributed by atoms with Crippen LogP contribution in [0, 0.1) is 11.8 Å². The number of carbonyl (C=O) groups is 5. The summed E-state index contributed by atoms with van der Waals surface area (Å²) in [5.41, 5.74) is 1.38. The number of nitrogens with one attached hydrogen (secondary N) is 3. The molecule has 0 saturated carbocycles. The second-order valence-electron chi connectivity index (χ2n) is 11.6. The molecule has 0 aliphatic carbocycles. The fourth-order valence-corrected chi connectivity index (χ4v) is 5.16. The number of carbonyl (C=O) groups excluding carboxylic acids is 5. The zero-order valence-corrected chi connectivity index (χ0v) is 26.8. The quantitative estimate of drug-likeness (QED) is 0.170. The van der Waals surface area contributed by atoms with Crippen LogP contribution in [0.15, 0.2) is 55.0 Å². The number of nitrogens with zero attached hydrogens (tertiary/aromatic N) is 2. The number of methoxy groups -OCH3 is 2. The highest BCUT2D eigenvalue weighted by atomic mass is 16.5. The van der Waals surface area contributed by atoms with E-state index >= 15 is 0 Å².